The first-order chi connectivity index (χ1) is 40.6. The van der Waals surface area contributed by atoms with Gasteiger partial charge >= 0.3 is 0 Å². The van der Waals surface area contributed by atoms with E-state index in [4.69, 9.17) is 16.2 Å². The van der Waals surface area contributed by atoms with Crippen LogP contribution < -0.4 is 16.2 Å². The first-order valence-electron chi connectivity index (χ1n) is 29.9. The minimum atomic E-state index is -1.26. The van der Waals surface area contributed by atoms with Crippen LogP contribution in [0.25, 0.3) is 0 Å². The average Bonchev–Trinajstić information content (AvgIpc) is 1.76. The van der Waals surface area contributed by atoms with Crippen LogP contribution in [0.2, 0.25) is 0 Å². The summed E-state index contributed by atoms with van der Waals surface area (Å²) < 4.78 is 6.27. The molecule has 7 aliphatic rings. The molecule has 0 amide bonds. The fourth-order valence-corrected chi connectivity index (χ4v) is 21.6. The van der Waals surface area contributed by atoms with E-state index >= 15 is 0 Å². The van der Waals surface area contributed by atoms with Gasteiger partial charge < -0.3 is 51.8 Å². The molecule has 16 heteroatoms. The molecular weight excluding hydrogens is 1130 g/mol. The number of aliphatic hydroxyl groups is 4. The molecule has 84 heavy (non-hydrogen) atoms. The van der Waals surface area contributed by atoms with Crippen molar-refractivity contribution >= 4 is 54.7 Å². The number of allylic oxidation sites excluding steroid dienone is 3. The summed E-state index contributed by atoms with van der Waals surface area (Å²) in [6.45, 7) is -0.104. The van der Waals surface area contributed by atoms with Gasteiger partial charge in [0, 0.05) is 76.9 Å². The number of nitrogens with two attached hydrogens (primary N) is 2. The van der Waals surface area contributed by atoms with Crippen LogP contribution in [-0.2, 0) is 36.2 Å². The second-order valence-electron chi connectivity index (χ2n) is 25.1. The lowest BCUT2D eigenvalue weighted by Crippen LogP contribution is -2.44. The van der Waals surface area contributed by atoms with Crippen molar-refractivity contribution in [3.63, 3.8) is 0 Å². The first kappa shape index (κ1) is 59.4. The number of carbonyl (C=O) groups is 2. The molecule has 11 N–H and O–H groups in total. The van der Waals surface area contributed by atoms with E-state index in [1.165, 1.54) is 11.1 Å². The zero-order valence-electron chi connectivity index (χ0n) is 47.3. The predicted octanol–water partition coefficient (Wildman–Crippen LogP) is 10.8. The summed E-state index contributed by atoms with van der Waals surface area (Å²) in [6, 6.07) is 25.0. The molecule has 2 aliphatic heterocycles. The number of aryl methyl sites for hydroxylation is 1. The number of phenols is 2. The number of ketones is 2. The van der Waals surface area contributed by atoms with E-state index in [-0.39, 0.29) is 102 Å². The van der Waals surface area contributed by atoms with E-state index in [2.05, 4.69) is 65.4 Å². The van der Waals surface area contributed by atoms with Gasteiger partial charge in [0.25, 0.3) is 0 Å². The molecule has 15 bridgehead atoms. The Morgan fingerprint density at radius 2 is 1.64 bits per heavy atom. The number of hydrogen-bond acceptors (Lipinski definition) is 15. The van der Waals surface area contributed by atoms with Crippen LogP contribution in [0, 0.1) is 52.8 Å². The van der Waals surface area contributed by atoms with Gasteiger partial charge in [-0.15, -0.1) is 0 Å². The number of aromatic hydroxyl groups is 2. The van der Waals surface area contributed by atoms with Crippen LogP contribution in [0.15, 0.2) is 109 Å². The van der Waals surface area contributed by atoms with Crippen molar-refractivity contribution in [1.29, 1.82) is 0 Å². The molecule has 0 unspecified atom stereocenters. The Labute approximate surface area is 508 Å². The minimum absolute atomic E-state index is 0.0239. The highest BCUT2D eigenvalue weighted by Gasteiger charge is 2.60. The largest absolute Gasteiger partial charge is 0.508 e. The predicted molar refractivity (Wildman–Crippen MR) is 337 cm³/mol. The summed E-state index contributed by atoms with van der Waals surface area (Å²) in [7, 11) is 6.90. The third kappa shape index (κ3) is 12.0. The monoisotopic (exact) mass is 1210 g/mol. The van der Waals surface area contributed by atoms with Crippen LogP contribution >= 0.6 is 43.2 Å². The van der Waals surface area contributed by atoms with Crippen molar-refractivity contribution < 1.29 is 45.0 Å². The molecule has 12 rings (SSSR count). The molecule has 5 aromatic rings. The molecule has 442 valence electrons. The number of aromatic amines is 1. The number of phenolic OH excluding ortho intramolecular Hbond substituents is 2. The molecule has 0 radical (unpaired) electrons. The van der Waals surface area contributed by atoms with Crippen molar-refractivity contribution in [2.75, 3.05) is 31.3 Å². The Morgan fingerprint density at radius 3 is 2.48 bits per heavy atom. The number of Topliss-reactive ketones (excluding diaryl/α,β-unsaturated/α-hetero) is 1. The number of hydrogen-bond donors (Lipinski definition) is 9. The number of aliphatic hydroxyl groups excluding tert-OH is 2. The SMILES string of the molecule is NC(N)c1cc2c3cc1CSSC[C@H]1C[C@@]4(/C=C/C(=O)CCc5ccc(O)c(c5)OCCc5ccc(O)c(c5)[C@@H]3CC(=O)c3cc[nH]c3CC#C2)C[C@]1(O)[C@H]1C=C[C@H]4C[C@H]2C[C@@](O)(CO)CCC[C@@H]3[C@H]2Cc2ccccc2[C@@H](CO)[C@H]3CSS1. The lowest BCUT2D eigenvalue weighted by molar-refractivity contribution is -0.114. The molecule has 1 spiro atoms. The van der Waals surface area contributed by atoms with Crippen LogP contribution in [0.3, 0.4) is 0 Å². The smallest absolute Gasteiger partial charge is 0.165 e. The molecule has 4 aromatic carbocycles. The molecule has 12 atom stereocenters. The molecule has 2 fully saturated rings. The van der Waals surface area contributed by atoms with Gasteiger partial charge in [0.15, 0.2) is 23.1 Å². The highest BCUT2D eigenvalue weighted by Crippen LogP contribution is 2.64. The second kappa shape index (κ2) is 25.1. The third-order valence-electron chi connectivity index (χ3n) is 20.2. The van der Waals surface area contributed by atoms with Gasteiger partial charge in [-0.1, -0.05) is 128 Å². The Kier molecular flexibility index (Phi) is 17.7. The Hall–Kier alpha value is -4.90. The molecule has 12 nitrogen and oxygen atoms in total. The number of benzene rings is 4. The fourth-order valence-electron chi connectivity index (χ4n) is 15.8. The number of H-pyrrole nitrogens is 1. The standard InChI is InChI=1S/C68H77N3O9S4/c69-65(70)54-29-43-6-3-9-59-51(19-23-71-59)62(77)31-55-52(43)30-45(54)35-81-82-36-47-33-66(22-18-48(74)14-10-40-12-16-61(76)63(26-40)80-24-20-41-11-15-60(75)56(55)25-41)38-68(47,79)64-17-13-46(66)27-44-32-67(78,39-73)21-4-8-50-53(44)28-42-5-1-2-7-49(42)57(34-72)58(50)37-83-84-64/h1-2,5,7,11-13,15-19,22-23,25-26,29-30,44,46-47,50,53,55,57-58,64-65,71-73,75-76,78-79H,4,8-10,14,20-21,24,27-28,31-39,69-70H2/b22-18+/t44-,46-,47+,50+,53-,55+,57+,58-,64+,66-,67+,68+/m0/s1. The van der Waals surface area contributed by atoms with Gasteiger partial charge in [0.05, 0.1) is 48.9 Å². The van der Waals surface area contributed by atoms with Crippen molar-refractivity contribution in [2.24, 2.45) is 52.4 Å². The highest BCUT2D eigenvalue weighted by molar-refractivity contribution is 8.77. The van der Waals surface area contributed by atoms with Crippen molar-refractivity contribution in [1.82, 2.24) is 4.98 Å². The molecule has 0 saturated heterocycles. The second-order valence-corrected chi connectivity index (χ2v) is 30.1. The van der Waals surface area contributed by atoms with E-state index in [1.807, 2.05) is 24.3 Å². The normalized spacial score (nSPS) is 32.2. The van der Waals surface area contributed by atoms with E-state index in [1.54, 1.807) is 79.7 Å². The van der Waals surface area contributed by atoms with Crippen molar-refractivity contribution in [2.45, 2.75) is 124 Å². The molecule has 2 saturated carbocycles. The van der Waals surface area contributed by atoms with Gasteiger partial charge in [-0.25, -0.2) is 0 Å². The van der Waals surface area contributed by atoms with Gasteiger partial charge in [0.2, 0.25) is 0 Å². The zero-order valence-corrected chi connectivity index (χ0v) is 50.6. The molecule has 1 aromatic heterocycles. The highest BCUT2D eigenvalue weighted by atomic mass is 33.1. The zero-order chi connectivity index (χ0) is 58.3. The van der Waals surface area contributed by atoms with Crippen LogP contribution in [0.4, 0.5) is 0 Å². The summed E-state index contributed by atoms with van der Waals surface area (Å²) in [6.07, 6.45) is 15.9. The summed E-state index contributed by atoms with van der Waals surface area (Å²) in [5.41, 5.74) is 19.2. The number of carbonyl (C=O) groups excluding carboxylic acids is 2. The Morgan fingerprint density at radius 1 is 0.810 bits per heavy atom. The summed E-state index contributed by atoms with van der Waals surface area (Å²) in [5, 5.41) is 71.0. The topological polar surface area (TPSA) is 233 Å². The molecule has 3 heterocycles. The fraction of sp³-hybridized carbons (Fsp3) is 0.471. The van der Waals surface area contributed by atoms with Gasteiger partial charge in [-0.3, -0.25) is 9.59 Å². The van der Waals surface area contributed by atoms with Crippen molar-refractivity contribution in [3.8, 4) is 29.1 Å². The maximum absolute atomic E-state index is 14.5. The van der Waals surface area contributed by atoms with Gasteiger partial charge in [-0.2, -0.15) is 0 Å². The van der Waals surface area contributed by atoms with E-state index in [0.717, 1.165) is 58.5 Å². The maximum atomic E-state index is 14.5. The van der Waals surface area contributed by atoms with Gasteiger partial charge in [0.1, 0.15) is 5.75 Å². The van der Waals surface area contributed by atoms with E-state index < -0.39 is 28.7 Å². The maximum Gasteiger partial charge on any atom is 0.165 e. The third-order valence-corrected chi connectivity index (χ3v) is 25.4. The molecule has 5 aliphatic carbocycles. The number of fused-ring (bicyclic) bond motifs is 14. The lowest BCUT2D eigenvalue weighted by atomic mass is 9.60. The van der Waals surface area contributed by atoms with Crippen molar-refractivity contribution in [3.05, 3.63) is 171 Å². The minimum Gasteiger partial charge on any atom is -0.508 e. The summed E-state index contributed by atoms with van der Waals surface area (Å²) in [5.74, 6) is 8.27. The lowest BCUT2D eigenvalue weighted by Gasteiger charge is -2.46. The summed E-state index contributed by atoms with van der Waals surface area (Å²) >= 11 is 0. The Bertz CT molecular complexity index is 3410. The van der Waals surface area contributed by atoms with E-state index in [9.17, 15) is 40.2 Å². The first-order valence-corrected chi connectivity index (χ1v) is 34.8. The quantitative estimate of drug-likeness (QED) is 0.0354. The average molecular weight is 1210 g/mol. The summed E-state index contributed by atoms with van der Waals surface area (Å²) in [4.78, 5) is 32.1. The number of nitrogens with one attached hydrogen (secondary N) is 1. The number of aromatic nitrogens is 1. The Balaban J connectivity index is 0.944. The van der Waals surface area contributed by atoms with Gasteiger partial charge in [-0.05, 0) is 168 Å². The number of rotatable bonds is 3. The van der Waals surface area contributed by atoms with Crippen LogP contribution in [0.1, 0.15) is 142 Å². The van der Waals surface area contributed by atoms with Crippen LogP contribution in [-0.4, -0.2) is 95.0 Å². The number of ether oxygens (including phenoxy) is 1. The molecular formula is C68H77N3O9S4. The van der Waals surface area contributed by atoms with Crippen LogP contribution in [0.5, 0.6) is 17.2 Å². The van der Waals surface area contributed by atoms with E-state index in [0.29, 0.717) is 85.3 Å².